The van der Waals surface area contributed by atoms with Gasteiger partial charge in [-0.3, -0.25) is 4.79 Å². The number of carbonyl (C=O) groups is 1. The van der Waals surface area contributed by atoms with Crippen molar-refractivity contribution < 1.29 is 76.7 Å². The van der Waals surface area contributed by atoms with E-state index in [4.69, 9.17) is 15.3 Å². The van der Waals surface area contributed by atoms with Gasteiger partial charge >= 0.3 is 37.7 Å². The monoisotopic (exact) mass is 242 g/mol. The Balaban J connectivity index is -0.000000845. The fourth-order valence-corrected chi connectivity index (χ4v) is 0.902. The summed E-state index contributed by atoms with van der Waals surface area (Å²) >= 11 is 0. The van der Waals surface area contributed by atoms with Gasteiger partial charge in [-0.25, -0.2) is 0 Å². The normalized spacial score (nSPS) is 14.3. The van der Waals surface area contributed by atoms with Crippen LogP contribution < -0.4 is 47.5 Å². The zero-order valence-corrected chi connectivity index (χ0v) is 9.79. The molecule has 0 aliphatic rings. The Morgan fingerprint density at radius 1 is 1.31 bits per heavy atom. The molecule has 11 heteroatoms. The van der Waals surface area contributed by atoms with Gasteiger partial charge in [-0.05, 0) is 0 Å². The van der Waals surface area contributed by atoms with Crippen LogP contribution in [0.3, 0.4) is 0 Å². The van der Waals surface area contributed by atoms with Crippen molar-refractivity contribution in [3.05, 3.63) is 0 Å². The fourth-order valence-electron chi connectivity index (χ4n) is 0.567. The molecule has 8 nitrogen and oxygen atoms in total. The van der Waals surface area contributed by atoms with Crippen molar-refractivity contribution in [2.45, 2.75) is 12.2 Å². The third kappa shape index (κ3) is 10.0. The largest absolute Gasteiger partial charge is 1.00 e. The van der Waals surface area contributed by atoms with Gasteiger partial charge in [-0.1, -0.05) is 0 Å². The quantitative estimate of drug-likeness (QED) is 0.307. The van der Waals surface area contributed by atoms with Gasteiger partial charge in [0.1, 0.15) is 18.8 Å². The van der Waals surface area contributed by atoms with E-state index in [0.29, 0.717) is 0 Å². The zero-order valence-electron chi connectivity index (χ0n) is 8.90. The molecule has 0 rings (SSSR count). The van der Waals surface area contributed by atoms with Crippen LogP contribution in [0, 0.1) is 0 Å². The van der Waals surface area contributed by atoms with Crippen molar-refractivity contribution in [3.8, 4) is 0 Å². The topological polar surface area (TPSA) is 150 Å². The Labute approximate surface area is 116 Å². The molecule has 0 unspecified atom stereocenters. The average Bonchev–Trinajstić information content (AvgIpc) is 2.10. The molecule has 0 saturated carbocycles. The van der Waals surface area contributed by atoms with E-state index in [0.717, 1.165) is 0 Å². The molecule has 0 saturated heterocycles. The van der Waals surface area contributed by atoms with E-state index in [9.17, 15) is 19.1 Å². The van der Waals surface area contributed by atoms with Crippen LogP contribution in [0.15, 0.2) is 0 Å². The van der Waals surface area contributed by atoms with Gasteiger partial charge in [-0.2, -0.15) is 0 Å². The van der Waals surface area contributed by atoms with E-state index < -0.39 is 39.0 Å². The van der Waals surface area contributed by atoms with Crippen LogP contribution in [0.2, 0.25) is 0 Å². The van der Waals surface area contributed by atoms with Crippen molar-refractivity contribution in [1.82, 2.24) is 0 Å². The molecule has 0 radical (unpaired) electrons. The molecule has 0 aliphatic heterocycles. The summed E-state index contributed by atoms with van der Waals surface area (Å²) in [4.78, 5) is 30.4. The molecular weight excluding hydrogens is 233 g/mol. The van der Waals surface area contributed by atoms with Gasteiger partial charge in [0.15, 0.2) is 5.78 Å². The molecule has 0 amide bonds. The maximum Gasteiger partial charge on any atom is 1.00 e. The number of aliphatic hydroxyl groups excluding tert-OH is 3. The second-order valence-electron chi connectivity index (χ2n) is 2.38. The summed E-state index contributed by atoms with van der Waals surface area (Å²) in [5.41, 5.74) is 0. The van der Waals surface area contributed by atoms with E-state index in [1.165, 1.54) is 0 Å². The second kappa shape index (κ2) is 9.84. The molecule has 0 aromatic carbocycles. The first-order chi connectivity index (χ1) is 6.28. The third-order valence-electron chi connectivity index (χ3n) is 1.25. The standard InChI is InChI=1S/C5H11O8P.2Li/c6-1-3(7)5(9)4(8)2-13-14(10,11)12;;/h4-6,8-9H,1-2H2,(H2,10,11,12);;/q;2*+1/p-2/t4-,5-;;/m0../s1. The zero-order chi connectivity index (χ0) is 11.4. The molecular formula is C5H9Li2O8P. The Morgan fingerprint density at radius 2 is 1.75 bits per heavy atom. The number of aliphatic hydroxyl groups is 3. The number of hydrogen-bond donors (Lipinski definition) is 3. The first-order valence-electron chi connectivity index (χ1n) is 3.44. The van der Waals surface area contributed by atoms with Crippen LogP contribution in [0.1, 0.15) is 0 Å². The number of Topliss-reactive ketones (excluding diaryl/α,β-unsaturated/α-hetero) is 1. The van der Waals surface area contributed by atoms with Gasteiger partial charge in [0.25, 0.3) is 0 Å². The van der Waals surface area contributed by atoms with Gasteiger partial charge < -0.3 is 34.2 Å². The molecule has 0 aromatic rings. The Morgan fingerprint density at radius 3 is 2.06 bits per heavy atom. The minimum atomic E-state index is -5.24. The fraction of sp³-hybridized carbons (Fsp3) is 0.800. The van der Waals surface area contributed by atoms with Gasteiger partial charge in [0, 0.05) is 0 Å². The van der Waals surface area contributed by atoms with Crippen molar-refractivity contribution in [1.29, 1.82) is 0 Å². The molecule has 3 N–H and O–H groups in total. The summed E-state index contributed by atoms with van der Waals surface area (Å²) in [6, 6.07) is 0. The molecule has 0 fully saturated rings. The van der Waals surface area contributed by atoms with Gasteiger partial charge in [0.05, 0.1) is 14.4 Å². The summed E-state index contributed by atoms with van der Waals surface area (Å²) in [7, 11) is -5.24. The van der Waals surface area contributed by atoms with Crippen LogP contribution in [-0.4, -0.2) is 46.5 Å². The first kappa shape index (κ1) is 22.1. The second-order valence-corrected chi connectivity index (χ2v) is 3.53. The molecule has 0 spiro atoms. The van der Waals surface area contributed by atoms with Gasteiger partial charge in [-0.15, -0.1) is 0 Å². The van der Waals surface area contributed by atoms with Crippen LogP contribution in [-0.2, 0) is 13.9 Å². The van der Waals surface area contributed by atoms with E-state index in [2.05, 4.69) is 4.52 Å². The Hall–Kier alpha value is 0.855. The predicted molar refractivity (Wildman–Crippen MR) is 37.7 cm³/mol. The molecule has 0 bridgehead atoms. The molecule has 16 heavy (non-hydrogen) atoms. The number of hydrogen-bond acceptors (Lipinski definition) is 8. The summed E-state index contributed by atoms with van der Waals surface area (Å²) in [5, 5.41) is 26.0. The summed E-state index contributed by atoms with van der Waals surface area (Å²) in [6.07, 6.45) is -3.85. The first-order valence-corrected chi connectivity index (χ1v) is 4.90. The van der Waals surface area contributed by atoms with Crippen molar-refractivity contribution in [3.63, 3.8) is 0 Å². The smallest absolute Gasteiger partial charge is 0.790 e. The number of ketones is 1. The maximum atomic E-state index is 10.5. The molecule has 0 aliphatic carbocycles. The Bertz CT molecular complexity index is 243. The van der Waals surface area contributed by atoms with Crippen LogP contribution in [0.4, 0.5) is 0 Å². The van der Waals surface area contributed by atoms with E-state index in [1.807, 2.05) is 0 Å². The van der Waals surface area contributed by atoms with E-state index >= 15 is 0 Å². The number of carbonyl (C=O) groups excluding carboxylic acids is 1. The Kier molecular flexibility index (Phi) is 13.6. The SMILES string of the molecule is O=C(CO)[C@H](O)[C@@H](O)COP(=O)([O-])[O-].[Li+].[Li+]. The van der Waals surface area contributed by atoms with Crippen LogP contribution in [0.25, 0.3) is 0 Å². The van der Waals surface area contributed by atoms with Gasteiger partial charge in [0.2, 0.25) is 0 Å². The number of phosphoric ester groups is 1. The summed E-state index contributed by atoms with van der Waals surface area (Å²) in [6.45, 7) is -2.04. The van der Waals surface area contributed by atoms with E-state index in [-0.39, 0.29) is 37.7 Å². The van der Waals surface area contributed by atoms with Crippen LogP contribution >= 0.6 is 7.82 Å². The molecule has 0 aromatic heterocycles. The van der Waals surface area contributed by atoms with E-state index in [1.54, 1.807) is 0 Å². The number of phosphoric acid groups is 1. The molecule has 2 atom stereocenters. The maximum absolute atomic E-state index is 10.5. The summed E-state index contributed by atoms with van der Waals surface area (Å²) < 4.78 is 13.5. The van der Waals surface area contributed by atoms with Crippen molar-refractivity contribution in [2.24, 2.45) is 0 Å². The van der Waals surface area contributed by atoms with Crippen molar-refractivity contribution >= 4 is 13.6 Å². The number of rotatable bonds is 6. The molecule has 0 heterocycles. The predicted octanol–water partition coefficient (Wildman–Crippen LogP) is -9.88. The van der Waals surface area contributed by atoms with Crippen molar-refractivity contribution in [2.75, 3.05) is 13.2 Å². The third-order valence-corrected chi connectivity index (χ3v) is 1.72. The summed E-state index contributed by atoms with van der Waals surface area (Å²) in [5.74, 6) is -1.10. The average molecular weight is 242 g/mol. The minimum absolute atomic E-state index is 0. The van der Waals surface area contributed by atoms with Crippen LogP contribution in [0.5, 0.6) is 0 Å². The molecule has 84 valence electrons. The minimum Gasteiger partial charge on any atom is -0.790 e.